The van der Waals surface area contributed by atoms with Gasteiger partial charge in [-0.1, -0.05) is 19.1 Å². The highest BCUT2D eigenvalue weighted by Gasteiger charge is 2.20. The predicted molar refractivity (Wildman–Crippen MR) is 82.2 cm³/mol. The second-order valence-electron chi connectivity index (χ2n) is 5.55. The average molecular weight is 278 g/mol. The number of aliphatic hydroxyl groups is 2. The molecule has 0 aliphatic carbocycles. The van der Waals surface area contributed by atoms with Crippen molar-refractivity contribution in [1.29, 1.82) is 0 Å². The fourth-order valence-corrected chi connectivity index (χ4v) is 2.89. The van der Waals surface area contributed by atoms with E-state index in [1.165, 1.54) is 16.8 Å². The summed E-state index contributed by atoms with van der Waals surface area (Å²) >= 11 is 0. The molecular formula is C16H26N2O2. The van der Waals surface area contributed by atoms with Crippen molar-refractivity contribution >= 4 is 5.69 Å². The largest absolute Gasteiger partial charge is 0.394 e. The molecule has 2 atom stereocenters. The van der Waals surface area contributed by atoms with Crippen LogP contribution in [0.2, 0.25) is 0 Å². The van der Waals surface area contributed by atoms with Crippen molar-refractivity contribution in [2.75, 3.05) is 31.1 Å². The van der Waals surface area contributed by atoms with E-state index in [2.05, 4.69) is 42.3 Å². The van der Waals surface area contributed by atoms with E-state index in [4.69, 9.17) is 5.11 Å². The maximum absolute atomic E-state index is 9.65. The monoisotopic (exact) mass is 278 g/mol. The molecule has 2 rings (SSSR count). The Balaban J connectivity index is 2.17. The number of aliphatic hydroxyl groups excluding tert-OH is 2. The molecule has 0 saturated carbocycles. The van der Waals surface area contributed by atoms with Gasteiger partial charge >= 0.3 is 0 Å². The summed E-state index contributed by atoms with van der Waals surface area (Å²) in [6, 6.07) is 6.96. The highest BCUT2D eigenvalue weighted by Crippen LogP contribution is 2.29. The highest BCUT2D eigenvalue weighted by molar-refractivity contribution is 5.57. The maximum Gasteiger partial charge on any atom is 0.0945 e. The van der Waals surface area contributed by atoms with E-state index < -0.39 is 6.10 Å². The summed E-state index contributed by atoms with van der Waals surface area (Å²) in [5.41, 5.74) is 3.87. The Morgan fingerprint density at radius 1 is 1.40 bits per heavy atom. The third-order valence-corrected chi connectivity index (χ3v) is 3.97. The Bertz CT molecular complexity index is 436. The Hall–Kier alpha value is -1.10. The van der Waals surface area contributed by atoms with Crippen LogP contribution in [0.5, 0.6) is 0 Å². The van der Waals surface area contributed by atoms with Gasteiger partial charge in [0, 0.05) is 24.8 Å². The van der Waals surface area contributed by atoms with Crippen molar-refractivity contribution in [3.8, 4) is 0 Å². The molecule has 20 heavy (non-hydrogen) atoms. The van der Waals surface area contributed by atoms with Gasteiger partial charge in [0.1, 0.15) is 0 Å². The average Bonchev–Trinajstić information content (AvgIpc) is 2.47. The molecule has 112 valence electrons. The van der Waals surface area contributed by atoms with Gasteiger partial charge in [-0.2, -0.15) is 0 Å². The number of nitrogens with one attached hydrogen (secondary N) is 1. The molecule has 0 aromatic heterocycles. The predicted octanol–water partition coefficient (Wildman–Crippen LogP) is 1.46. The molecule has 0 spiro atoms. The van der Waals surface area contributed by atoms with Crippen LogP contribution in [0.3, 0.4) is 0 Å². The molecule has 0 saturated heterocycles. The molecule has 2 unspecified atom stereocenters. The quantitative estimate of drug-likeness (QED) is 0.737. The molecule has 0 radical (unpaired) electrons. The standard InChI is InChI=1S/C16H26N2O2/c1-3-17-12(2)13-6-7-16-14(9-13)5-4-8-18(16)10-15(20)11-19/h6-7,9,12,15,17,19-20H,3-5,8,10-11H2,1-2H3. The van der Waals surface area contributed by atoms with Gasteiger partial charge in [-0.15, -0.1) is 0 Å². The van der Waals surface area contributed by atoms with Crippen molar-refractivity contribution < 1.29 is 10.2 Å². The number of fused-ring (bicyclic) bond motifs is 1. The van der Waals surface area contributed by atoms with Crippen molar-refractivity contribution in [2.24, 2.45) is 0 Å². The molecule has 1 aromatic carbocycles. The summed E-state index contributed by atoms with van der Waals surface area (Å²) in [5.74, 6) is 0. The van der Waals surface area contributed by atoms with Gasteiger partial charge in [-0.25, -0.2) is 0 Å². The normalized spacial score (nSPS) is 17.7. The topological polar surface area (TPSA) is 55.7 Å². The van der Waals surface area contributed by atoms with Gasteiger partial charge in [0.2, 0.25) is 0 Å². The number of anilines is 1. The number of hydrogen-bond acceptors (Lipinski definition) is 4. The molecule has 1 aliphatic heterocycles. The van der Waals surface area contributed by atoms with Gasteiger partial charge in [0.25, 0.3) is 0 Å². The van der Waals surface area contributed by atoms with E-state index in [1.54, 1.807) is 0 Å². The van der Waals surface area contributed by atoms with E-state index in [9.17, 15) is 5.11 Å². The molecule has 0 fully saturated rings. The van der Waals surface area contributed by atoms with Crippen LogP contribution in [0.25, 0.3) is 0 Å². The van der Waals surface area contributed by atoms with E-state index in [1.807, 2.05) is 0 Å². The Labute approximate surface area is 121 Å². The highest BCUT2D eigenvalue weighted by atomic mass is 16.3. The first-order chi connectivity index (χ1) is 9.65. The Morgan fingerprint density at radius 3 is 2.90 bits per heavy atom. The van der Waals surface area contributed by atoms with Crippen LogP contribution in [0.15, 0.2) is 18.2 Å². The summed E-state index contributed by atoms with van der Waals surface area (Å²) in [4.78, 5) is 2.18. The third-order valence-electron chi connectivity index (χ3n) is 3.97. The summed E-state index contributed by atoms with van der Waals surface area (Å²) < 4.78 is 0. The summed E-state index contributed by atoms with van der Waals surface area (Å²) in [6.45, 7) is 6.54. The van der Waals surface area contributed by atoms with Crippen LogP contribution in [-0.4, -0.2) is 42.6 Å². The van der Waals surface area contributed by atoms with Crippen molar-refractivity contribution in [3.63, 3.8) is 0 Å². The number of hydrogen-bond donors (Lipinski definition) is 3. The first-order valence-corrected chi connectivity index (χ1v) is 7.55. The van der Waals surface area contributed by atoms with Crippen LogP contribution in [0.4, 0.5) is 5.69 Å². The van der Waals surface area contributed by atoms with E-state index in [-0.39, 0.29) is 6.61 Å². The fourth-order valence-electron chi connectivity index (χ4n) is 2.89. The maximum atomic E-state index is 9.65. The number of aryl methyl sites for hydroxylation is 1. The molecule has 1 aromatic rings. The lowest BCUT2D eigenvalue weighted by Gasteiger charge is -2.33. The van der Waals surface area contributed by atoms with Gasteiger partial charge in [0.15, 0.2) is 0 Å². The number of benzene rings is 1. The summed E-state index contributed by atoms with van der Waals surface area (Å²) in [5, 5.41) is 22.1. The second-order valence-corrected chi connectivity index (χ2v) is 5.55. The minimum atomic E-state index is -0.665. The first kappa shape index (κ1) is 15.3. The van der Waals surface area contributed by atoms with E-state index in [0.29, 0.717) is 12.6 Å². The third kappa shape index (κ3) is 3.51. The van der Waals surface area contributed by atoms with Crippen molar-refractivity contribution in [3.05, 3.63) is 29.3 Å². The molecule has 0 amide bonds. The lowest BCUT2D eigenvalue weighted by atomic mass is 9.96. The molecular weight excluding hydrogens is 252 g/mol. The molecule has 4 heteroatoms. The van der Waals surface area contributed by atoms with Gasteiger partial charge in [0.05, 0.1) is 12.7 Å². The fraction of sp³-hybridized carbons (Fsp3) is 0.625. The molecule has 3 N–H and O–H groups in total. The SMILES string of the molecule is CCNC(C)c1ccc2c(c1)CCCN2CC(O)CO. The van der Waals surface area contributed by atoms with Crippen molar-refractivity contribution in [2.45, 2.75) is 38.8 Å². The van der Waals surface area contributed by atoms with Crippen molar-refractivity contribution in [1.82, 2.24) is 5.32 Å². The smallest absolute Gasteiger partial charge is 0.0945 e. The van der Waals surface area contributed by atoms with E-state index in [0.717, 1.165) is 25.9 Å². The minimum absolute atomic E-state index is 0.179. The number of β-amino-alcohol motifs (C(OH)–C–C–N with tert-alkyl or cyclic N) is 1. The number of nitrogens with zero attached hydrogens (tertiary/aromatic N) is 1. The first-order valence-electron chi connectivity index (χ1n) is 7.55. The number of rotatable bonds is 6. The lowest BCUT2D eigenvalue weighted by molar-refractivity contribution is 0.0996. The summed E-state index contributed by atoms with van der Waals surface area (Å²) in [6.07, 6.45) is 1.53. The summed E-state index contributed by atoms with van der Waals surface area (Å²) in [7, 11) is 0. The zero-order chi connectivity index (χ0) is 14.5. The zero-order valence-corrected chi connectivity index (χ0v) is 12.5. The molecule has 0 bridgehead atoms. The Kier molecular flexibility index (Phi) is 5.40. The van der Waals surface area contributed by atoms with Crippen LogP contribution in [0, 0.1) is 0 Å². The van der Waals surface area contributed by atoms with Crippen LogP contribution in [-0.2, 0) is 6.42 Å². The lowest BCUT2D eigenvalue weighted by Crippen LogP contribution is -2.37. The van der Waals surface area contributed by atoms with Gasteiger partial charge < -0.3 is 20.4 Å². The van der Waals surface area contributed by atoms with Crippen LogP contribution < -0.4 is 10.2 Å². The van der Waals surface area contributed by atoms with Crippen LogP contribution in [0.1, 0.15) is 37.4 Å². The Morgan fingerprint density at radius 2 is 2.20 bits per heavy atom. The second kappa shape index (κ2) is 7.07. The van der Waals surface area contributed by atoms with Gasteiger partial charge in [-0.05, 0) is 43.5 Å². The van der Waals surface area contributed by atoms with E-state index >= 15 is 0 Å². The molecule has 1 heterocycles. The molecule has 4 nitrogen and oxygen atoms in total. The zero-order valence-electron chi connectivity index (χ0n) is 12.5. The minimum Gasteiger partial charge on any atom is -0.394 e. The van der Waals surface area contributed by atoms with Gasteiger partial charge in [-0.3, -0.25) is 0 Å². The van der Waals surface area contributed by atoms with Crippen LogP contribution >= 0.6 is 0 Å². The molecule has 1 aliphatic rings.